The molecule has 1 amide bonds. The fraction of sp³-hybridized carbons (Fsp3) is 0.500. The van der Waals surface area contributed by atoms with E-state index >= 15 is 0 Å². The van der Waals surface area contributed by atoms with Gasteiger partial charge in [-0.25, -0.2) is 0 Å². The van der Waals surface area contributed by atoms with E-state index in [0.29, 0.717) is 11.7 Å². The van der Waals surface area contributed by atoms with Crippen molar-refractivity contribution in [1.29, 1.82) is 0 Å². The van der Waals surface area contributed by atoms with Gasteiger partial charge in [0, 0.05) is 18.8 Å². The zero-order valence-corrected chi connectivity index (χ0v) is 16.6. The van der Waals surface area contributed by atoms with Gasteiger partial charge in [0.2, 0.25) is 0 Å². The van der Waals surface area contributed by atoms with E-state index in [-0.39, 0.29) is 24.4 Å². The Labute approximate surface area is 162 Å². The summed E-state index contributed by atoms with van der Waals surface area (Å²) >= 11 is 0. The summed E-state index contributed by atoms with van der Waals surface area (Å²) in [7, 11) is 0. The van der Waals surface area contributed by atoms with Crippen LogP contribution in [0.5, 0.6) is 0 Å². The van der Waals surface area contributed by atoms with Gasteiger partial charge < -0.3 is 10.6 Å². The molecule has 1 fully saturated rings. The predicted molar refractivity (Wildman–Crippen MR) is 107 cm³/mol. The van der Waals surface area contributed by atoms with Gasteiger partial charge in [-0.3, -0.25) is 9.48 Å². The van der Waals surface area contributed by atoms with Gasteiger partial charge in [0.15, 0.2) is 0 Å². The van der Waals surface area contributed by atoms with Crippen LogP contribution in [-0.2, 0) is 6.42 Å². The molecule has 2 N–H and O–H groups in total. The summed E-state index contributed by atoms with van der Waals surface area (Å²) in [4.78, 5) is 12.5. The van der Waals surface area contributed by atoms with Gasteiger partial charge in [0.25, 0.3) is 5.91 Å². The number of hydrogen-bond donors (Lipinski definition) is 2. The van der Waals surface area contributed by atoms with Crippen molar-refractivity contribution < 1.29 is 4.79 Å². The first-order valence-corrected chi connectivity index (χ1v) is 9.15. The molecule has 1 aliphatic rings. The molecule has 142 valence electrons. The van der Waals surface area contributed by atoms with E-state index < -0.39 is 0 Å². The molecule has 0 aliphatic carbocycles. The van der Waals surface area contributed by atoms with Gasteiger partial charge in [-0.2, -0.15) is 5.10 Å². The van der Waals surface area contributed by atoms with Crippen LogP contribution < -0.4 is 10.6 Å². The number of aryl methyl sites for hydroxylation is 2. The van der Waals surface area contributed by atoms with E-state index in [4.69, 9.17) is 0 Å². The Kier molecular flexibility index (Phi) is 7.23. The van der Waals surface area contributed by atoms with Crippen molar-refractivity contribution in [2.45, 2.75) is 52.1 Å². The Bertz CT molecular complexity index is 717. The molecule has 2 unspecified atom stereocenters. The van der Waals surface area contributed by atoms with Crippen LogP contribution >= 0.6 is 12.4 Å². The molecule has 0 bridgehead atoms. The molecule has 1 aliphatic heterocycles. The highest BCUT2D eigenvalue weighted by atomic mass is 35.5. The van der Waals surface area contributed by atoms with E-state index in [2.05, 4.69) is 47.8 Å². The molecule has 2 heterocycles. The molecule has 5 nitrogen and oxygen atoms in total. The highest BCUT2D eigenvalue weighted by molar-refractivity contribution is 5.92. The van der Waals surface area contributed by atoms with E-state index in [1.165, 1.54) is 16.7 Å². The standard InChI is InChI=1S/C20H28N4O.ClH/c1-14-9-15(2)11-17(10-14)12-16(3)22-20(25)19-6-8-24(23-19)18-5-4-7-21-13-18;/h6,8-11,16,18,21H,4-5,7,12-13H2,1-3H3,(H,22,25);1H. The molecule has 6 heteroatoms. The molecule has 0 spiro atoms. The molecule has 1 aromatic carbocycles. The van der Waals surface area contributed by atoms with E-state index in [0.717, 1.165) is 32.4 Å². The maximum atomic E-state index is 12.5. The highest BCUT2D eigenvalue weighted by Crippen LogP contribution is 2.16. The maximum absolute atomic E-state index is 12.5. The number of carbonyl (C=O) groups is 1. The van der Waals surface area contributed by atoms with Gasteiger partial charge in [-0.05, 0) is 58.2 Å². The quantitative estimate of drug-likeness (QED) is 0.842. The number of piperidine rings is 1. The van der Waals surface area contributed by atoms with Gasteiger partial charge in [-0.15, -0.1) is 12.4 Å². The molecule has 0 saturated carbocycles. The summed E-state index contributed by atoms with van der Waals surface area (Å²) in [6, 6.07) is 8.76. The second kappa shape index (κ2) is 9.19. The zero-order chi connectivity index (χ0) is 17.8. The molecular formula is C20H29ClN4O. The van der Waals surface area contributed by atoms with Crippen LogP contribution in [0.1, 0.15) is 53.0 Å². The first-order valence-electron chi connectivity index (χ1n) is 9.15. The molecule has 1 aromatic heterocycles. The normalized spacial score (nSPS) is 18.0. The van der Waals surface area contributed by atoms with Crippen molar-refractivity contribution in [2.24, 2.45) is 0 Å². The molecule has 2 atom stereocenters. The lowest BCUT2D eigenvalue weighted by Crippen LogP contribution is -2.35. The molecule has 1 saturated heterocycles. The monoisotopic (exact) mass is 376 g/mol. The number of aromatic nitrogens is 2. The van der Waals surface area contributed by atoms with Crippen molar-refractivity contribution in [1.82, 2.24) is 20.4 Å². The average Bonchev–Trinajstić information content (AvgIpc) is 3.04. The summed E-state index contributed by atoms with van der Waals surface area (Å²) in [5.41, 5.74) is 4.27. The minimum atomic E-state index is -0.0978. The molecule has 0 radical (unpaired) electrons. The smallest absolute Gasteiger partial charge is 0.271 e. The summed E-state index contributed by atoms with van der Waals surface area (Å²) in [6.45, 7) is 8.24. The Hall–Kier alpha value is -1.85. The third-order valence-corrected chi connectivity index (χ3v) is 4.69. The van der Waals surface area contributed by atoms with Crippen LogP contribution in [0.4, 0.5) is 0 Å². The lowest BCUT2D eigenvalue weighted by molar-refractivity contribution is 0.0933. The Morgan fingerprint density at radius 1 is 1.35 bits per heavy atom. The number of carbonyl (C=O) groups excluding carboxylic acids is 1. The lowest BCUT2D eigenvalue weighted by atomic mass is 10.0. The Morgan fingerprint density at radius 3 is 2.73 bits per heavy atom. The first kappa shape index (κ1) is 20.5. The van der Waals surface area contributed by atoms with Crippen LogP contribution in [0.15, 0.2) is 30.5 Å². The van der Waals surface area contributed by atoms with E-state index in [9.17, 15) is 4.79 Å². The third-order valence-electron chi connectivity index (χ3n) is 4.69. The summed E-state index contributed by atoms with van der Waals surface area (Å²) < 4.78 is 1.93. The molecule has 26 heavy (non-hydrogen) atoms. The number of nitrogens with zero attached hydrogens (tertiary/aromatic N) is 2. The van der Waals surface area contributed by atoms with Crippen molar-refractivity contribution in [2.75, 3.05) is 13.1 Å². The zero-order valence-electron chi connectivity index (χ0n) is 15.8. The van der Waals surface area contributed by atoms with Crippen molar-refractivity contribution in [3.8, 4) is 0 Å². The minimum absolute atomic E-state index is 0. The third kappa shape index (κ3) is 5.32. The van der Waals surface area contributed by atoms with Crippen molar-refractivity contribution >= 4 is 18.3 Å². The average molecular weight is 377 g/mol. The second-order valence-electron chi connectivity index (χ2n) is 7.26. The first-order chi connectivity index (χ1) is 12.0. The van der Waals surface area contributed by atoms with Gasteiger partial charge in [0.1, 0.15) is 5.69 Å². The van der Waals surface area contributed by atoms with Crippen LogP contribution in [-0.4, -0.2) is 34.8 Å². The Morgan fingerprint density at radius 2 is 2.08 bits per heavy atom. The molecular weight excluding hydrogens is 348 g/mol. The van der Waals surface area contributed by atoms with Gasteiger partial charge >= 0.3 is 0 Å². The molecule has 3 rings (SSSR count). The largest absolute Gasteiger partial charge is 0.348 e. The second-order valence-corrected chi connectivity index (χ2v) is 7.26. The SMILES string of the molecule is Cc1cc(C)cc(CC(C)NC(=O)c2ccn(C3CCCNC3)n2)c1.Cl. The fourth-order valence-electron chi connectivity index (χ4n) is 3.61. The van der Waals surface area contributed by atoms with E-state index in [1.54, 1.807) is 0 Å². The number of benzene rings is 1. The van der Waals surface area contributed by atoms with Crippen LogP contribution in [0.2, 0.25) is 0 Å². The fourth-order valence-corrected chi connectivity index (χ4v) is 3.61. The Balaban J connectivity index is 0.00000243. The summed E-state index contributed by atoms with van der Waals surface area (Å²) in [5, 5.41) is 10.9. The highest BCUT2D eigenvalue weighted by Gasteiger charge is 2.18. The number of hydrogen-bond acceptors (Lipinski definition) is 3. The summed E-state index contributed by atoms with van der Waals surface area (Å²) in [6.07, 6.45) is 5.00. The van der Waals surface area contributed by atoms with Crippen LogP contribution in [0.25, 0.3) is 0 Å². The number of halogens is 1. The van der Waals surface area contributed by atoms with Crippen molar-refractivity contribution in [3.05, 3.63) is 52.8 Å². The summed E-state index contributed by atoms with van der Waals surface area (Å²) in [5.74, 6) is -0.0978. The van der Waals surface area contributed by atoms with Gasteiger partial charge in [0.05, 0.1) is 6.04 Å². The predicted octanol–water partition coefficient (Wildman–Crippen LogP) is 3.21. The molecule has 2 aromatic rings. The van der Waals surface area contributed by atoms with Crippen molar-refractivity contribution in [3.63, 3.8) is 0 Å². The number of rotatable bonds is 5. The topological polar surface area (TPSA) is 59.0 Å². The number of amides is 1. The van der Waals surface area contributed by atoms with Crippen LogP contribution in [0.3, 0.4) is 0 Å². The maximum Gasteiger partial charge on any atom is 0.271 e. The lowest BCUT2D eigenvalue weighted by Gasteiger charge is -2.22. The van der Waals surface area contributed by atoms with Gasteiger partial charge in [-0.1, -0.05) is 29.3 Å². The minimum Gasteiger partial charge on any atom is -0.348 e. The van der Waals surface area contributed by atoms with Crippen LogP contribution in [0, 0.1) is 13.8 Å². The van der Waals surface area contributed by atoms with E-state index in [1.807, 2.05) is 23.9 Å². The number of nitrogens with one attached hydrogen (secondary N) is 2.